The number of nitrogens with zero attached hydrogens (tertiary/aromatic N) is 1. The summed E-state index contributed by atoms with van der Waals surface area (Å²) in [6.45, 7) is 5.33. The highest BCUT2D eigenvalue weighted by Gasteiger charge is 2.44. The number of hydrogen-bond acceptors (Lipinski definition) is 2. The van der Waals surface area contributed by atoms with Gasteiger partial charge in [0.2, 0.25) is 0 Å². The van der Waals surface area contributed by atoms with Crippen molar-refractivity contribution in [3.05, 3.63) is 0 Å². The third-order valence-electron chi connectivity index (χ3n) is 2.69. The third kappa shape index (κ3) is 1.57. The van der Waals surface area contributed by atoms with Gasteiger partial charge in [-0.25, -0.2) is 0 Å². The summed E-state index contributed by atoms with van der Waals surface area (Å²) >= 11 is 2.10. The van der Waals surface area contributed by atoms with E-state index in [1.807, 2.05) is 13.8 Å². The van der Waals surface area contributed by atoms with E-state index in [4.69, 9.17) is 0 Å². The Kier molecular flexibility index (Phi) is 3.26. The van der Waals surface area contributed by atoms with Crippen LogP contribution in [0, 0.1) is 0 Å². The quantitative estimate of drug-likeness (QED) is 0.552. The molecule has 2 aliphatic rings. The average Bonchev–Trinajstić information content (AvgIpc) is 2.34. The van der Waals surface area contributed by atoms with Gasteiger partial charge in [-0.15, -0.1) is 0 Å². The monoisotopic (exact) mass is 173 g/mol. The van der Waals surface area contributed by atoms with Crippen LogP contribution in [0.1, 0.15) is 26.7 Å². The second kappa shape index (κ2) is 3.81. The van der Waals surface area contributed by atoms with Crippen LogP contribution in [0.15, 0.2) is 0 Å². The van der Waals surface area contributed by atoms with Crippen LogP contribution in [-0.2, 0) is 0 Å². The maximum atomic E-state index is 2.55. The molecule has 0 bridgehead atoms. The van der Waals surface area contributed by atoms with Gasteiger partial charge in [0.1, 0.15) is 0 Å². The van der Waals surface area contributed by atoms with Crippen molar-refractivity contribution in [3.8, 4) is 0 Å². The van der Waals surface area contributed by atoms with E-state index < -0.39 is 0 Å². The van der Waals surface area contributed by atoms with Crippen molar-refractivity contribution in [2.45, 2.75) is 32.2 Å². The Morgan fingerprint density at radius 2 is 1.91 bits per heavy atom. The van der Waals surface area contributed by atoms with Crippen molar-refractivity contribution in [1.82, 2.24) is 4.90 Å². The highest BCUT2D eigenvalue weighted by Crippen LogP contribution is 2.41. The first kappa shape index (κ1) is 9.40. The molecule has 0 aromatic carbocycles. The lowest BCUT2D eigenvalue weighted by Crippen LogP contribution is -2.52. The number of rotatable bonds is 0. The minimum absolute atomic E-state index is 0.671. The smallest absolute Gasteiger partial charge is 0.0387 e. The Bertz CT molecular complexity index is 121. The van der Waals surface area contributed by atoms with E-state index >= 15 is 0 Å². The molecule has 2 heterocycles. The Hall–Kier alpha value is 0.310. The topological polar surface area (TPSA) is 3.24 Å². The fourth-order valence-electron chi connectivity index (χ4n) is 1.78. The van der Waals surface area contributed by atoms with E-state index in [1.165, 1.54) is 30.9 Å². The first-order valence-corrected chi connectivity index (χ1v) is 5.78. The van der Waals surface area contributed by atoms with Crippen LogP contribution in [0.5, 0.6) is 0 Å². The molecule has 0 aliphatic carbocycles. The fraction of sp³-hybridized carbons (Fsp3) is 1.00. The van der Waals surface area contributed by atoms with Crippen molar-refractivity contribution < 1.29 is 0 Å². The molecule has 1 nitrogen and oxygen atoms in total. The van der Waals surface area contributed by atoms with Gasteiger partial charge in [0.05, 0.1) is 0 Å². The molecular weight excluding hydrogens is 154 g/mol. The van der Waals surface area contributed by atoms with Crippen LogP contribution < -0.4 is 0 Å². The van der Waals surface area contributed by atoms with Crippen LogP contribution in [0.25, 0.3) is 0 Å². The number of thioether (sulfide) groups is 1. The lowest BCUT2D eigenvalue weighted by molar-refractivity contribution is 0.216. The Morgan fingerprint density at radius 1 is 1.27 bits per heavy atom. The lowest BCUT2D eigenvalue weighted by Gasteiger charge is -2.43. The van der Waals surface area contributed by atoms with E-state index in [9.17, 15) is 0 Å². The van der Waals surface area contributed by atoms with Crippen molar-refractivity contribution in [3.63, 3.8) is 0 Å². The molecule has 0 aromatic heterocycles. The second-order valence-electron chi connectivity index (χ2n) is 3.24. The van der Waals surface area contributed by atoms with Crippen molar-refractivity contribution in [2.24, 2.45) is 0 Å². The minimum atomic E-state index is 0.671. The number of likely N-dealkylation sites (tertiary alicyclic amines) is 1. The van der Waals surface area contributed by atoms with Gasteiger partial charge in [-0.3, -0.25) is 4.90 Å². The molecule has 0 N–H and O–H groups in total. The maximum absolute atomic E-state index is 2.55. The summed E-state index contributed by atoms with van der Waals surface area (Å²) in [7, 11) is 2.27. The molecule has 2 fully saturated rings. The lowest BCUT2D eigenvalue weighted by atomic mass is 10.0. The number of hydrogen-bond donors (Lipinski definition) is 0. The minimum Gasteiger partial charge on any atom is -0.299 e. The second-order valence-corrected chi connectivity index (χ2v) is 4.23. The first-order valence-electron chi connectivity index (χ1n) is 4.63. The molecule has 2 saturated heterocycles. The molecule has 2 aliphatic heterocycles. The van der Waals surface area contributed by atoms with E-state index in [0.29, 0.717) is 5.54 Å². The van der Waals surface area contributed by atoms with E-state index in [2.05, 4.69) is 23.7 Å². The fourth-order valence-corrected chi connectivity index (χ4v) is 3.18. The van der Waals surface area contributed by atoms with Gasteiger partial charge < -0.3 is 0 Å². The van der Waals surface area contributed by atoms with E-state index in [1.54, 1.807) is 0 Å². The predicted octanol–water partition coefficient (Wildman–Crippen LogP) is 2.22. The highest BCUT2D eigenvalue weighted by atomic mass is 32.2. The molecule has 2 heteroatoms. The summed E-state index contributed by atoms with van der Waals surface area (Å²) in [4.78, 5) is 2.55. The van der Waals surface area contributed by atoms with E-state index in [-0.39, 0.29) is 0 Å². The molecule has 0 amide bonds. The summed E-state index contributed by atoms with van der Waals surface area (Å²) in [5, 5.41) is 0. The van der Waals surface area contributed by atoms with Crippen LogP contribution in [-0.4, -0.2) is 35.5 Å². The molecule has 0 radical (unpaired) electrons. The first-order chi connectivity index (χ1) is 5.33. The highest BCUT2D eigenvalue weighted by molar-refractivity contribution is 8.00. The molecule has 0 aromatic rings. The maximum Gasteiger partial charge on any atom is 0.0387 e. The zero-order valence-electron chi connectivity index (χ0n) is 7.89. The van der Waals surface area contributed by atoms with Gasteiger partial charge in [0.25, 0.3) is 0 Å². The predicted molar refractivity (Wildman–Crippen MR) is 53.3 cm³/mol. The molecule has 0 saturated carbocycles. The van der Waals surface area contributed by atoms with Crippen LogP contribution >= 0.6 is 11.8 Å². The van der Waals surface area contributed by atoms with Gasteiger partial charge in [-0.2, -0.15) is 11.8 Å². The average molecular weight is 173 g/mol. The Balaban J connectivity index is 0.000000281. The summed E-state index contributed by atoms with van der Waals surface area (Å²) in [5.74, 6) is 2.78. The normalized spacial score (nSPS) is 27.5. The van der Waals surface area contributed by atoms with Crippen LogP contribution in [0.2, 0.25) is 0 Å². The zero-order chi connectivity index (χ0) is 8.32. The van der Waals surface area contributed by atoms with Crippen LogP contribution in [0.4, 0.5) is 0 Å². The summed E-state index contributed by atoms with van der Waals surface area (Å²) in [6.07, 6.45) is 2.88. The van der Waals surface area contributed by atoms with Crippen molar-refractivity contribution in [1.29, 1.82) is 0 Å². The molecule has 0 atom stereocenters. The Labute approximate surface area is 74.5 Å². The van der Waals surface area contributed by atoms with Gasteiger partial charge in [0.15, 0.2) is 0 Å². The SMILES string of the molecule is CC.CN1CCCC12CSC2. The van der Waals surface area contributed by atoms with Crippen molar-refractivity contribution >= 4 is 11.8 Å². The largest absolute Gasteiger partial charge is 0.299 e. The summed E-state index contributed by atoms with van der Waals surface area (Å²) in [6, 6.07) is 0. The third-order valence-corrected chi connectivity index (χ3v) is 4.17. The van der Waals surface area contributed by atoms with Gasteiger partial charge in [-0.05, 0) is 26.4 Å². The molecule has 0 unspecified atom stereocenters. The molecule has 66 valence electrons. The van der Waals surface area contributed by atoms with Crippen LogP contribution in [0.3, 0.4) is 0 Å². The van der Waals surface area contributed by atoms with E-state index in [0.717, 1.165) is 0 Å². The Morgan fingerprint density at radius 3 is 2.09 bits per heavy atom. The van der Waals surface area contributed by atoms with Gasteiger partial charge in [-0.1, -0.05) is 13.8 Å². The van der Waals surface area contributed by atoms with Gasteiger partial charge in [0, 0.05) is 17.0 Å². The molecular formula is C9H19NS. The molecule has 11 heavy (non-hydrogen) atoms. The molecule has 1 spiro atoms. The zero-order valence-corrected chi connectivity index (χ0v) is 8.71. The summed E-state index contributed by atoms with van der Waals surface area (Å²) in [5.41, 5.74) is 0.671. The standard InChI is InChI=1S/C7H13NS.C2H6/c1-8-4-2-3-7(8)5-9-6-7;1-2/h2-6H2,1H3;1-2H3. The summed E-state index contributed by atoms with van der Waals surface area (Å²) < 4.78 is 0. The van der Waals surface area contributed by atoms with Gasteiger partial charge >= 0.3 is 0 Å². The molecule has 2 rings (SSSR count). The van der Waals surface area contributed by atoms with Crippen molar-refractivity contribution in [2.75, 3.05) is 25.1 Å².